The second kappa shape index (κ2) is 7.18. The predicted molar refractivity (Wildman–Crippen MR) is 98.8 cm³/mol. The van der Waals surface area contributed by atoms with Crippen LogP contribution in [0.1, 0.15) is 22.8 Å². The van der Waals surface area contributed by atoms with Gasteiger partial charge in [0.05, 0.1) is 23.3 Å². The number of aromatic amines is 1. The molecular formula is C19H18N4O3. The van der Waals surface area contributed by atoms with Crippen LogP contribution in [0.15, 0.2) is 43.4 Å². The molecule has 0 aliphatic rings. The van der Waals surface area contributed by atoms with Crippen molar-refractivity contribution in [3.05, 3.63) is 54.5 Å². The summed E-state index contributed by atoms with van der Waals surface area (Å²) in [5, 5.41) is 3.35. The van der Waals surface area contributed by atoms with Crippen molar-refractivity contribution in [3.8, 4) is 11.3 Å². The number of hydrogen-bond acceptors (Lipinski definition) is 5. The van der Waals surface area contributed by atoms with E-state index in [4.69, 9.17) is 4.74 Å². The van der Waals surface area contributed by atoms with Crippen LogP contribution in [0.25, 0.3) is 22.3 Å². The maximum Gasteiger partial charge on any atom is 0.340 e. The molecule has 26 heavy (non-hydrogen) atoms. The molecule has 2 aromatic heterocycles. The molecule has 0 atom stereocenters. The van der Waals surface area contributed by atoms with Crippen LogP contribution in [0.4, 0.5) is 5.69 Å². The van der Waals surface area contributed by atoms with Crippen LogP contribution in [-0.2, 0) is 9.53 Å². The van der Waals surface area contributed by atoms with E-state index in [0.717, 1.165) is 11.1 Å². The fourth-order valence-electron chi connectivity index (χ4n) is 2.75. The number of hydrogen-bond donors (Lipinski definition) is 2. The number of nitrogens with zero attached hydrogens (tertiary/aromatic N) is 2. The minimum Gasteiger partial charge on any atom is -0.462 e. The largest absolute Gasteiger partial charge is 0.462 e. The molecule has 3 rings (SSSR count). The number of ether oxygens (including phenoxy) is 1. The van der Waals surface area contributed by atoms with Crippen LogP contribution in [0.5, 0.6) is 0 Å². The van der Waals surface area contributed by atoms with Crippen LogP contribution in [0, 0.1) is 6.92 Å². The third-order valence-corrected chi connectivity index (χ3v) is 4.00. The molecule has 0 unspecified atom stereocenters. The van der Waals surface area contributed by atoms with Gasteiger partial charge in [-0.1, -0.05) is 18.7 Å². The van der Waals surface area contributed by atoms with E-state index in [1.807, 2.05) is 19.1 Å². The van der Waals surface area contributed by atoms with Crippen LogP contribution in [-0.4, -0.2) is 33.4 Å². The topological polar surface area (TPSA) is 97.0 Å². The van der Waals surface area contributed by atoms with Gasteiger partial charge < -0.3 is 15.0 Å². The number of fused-ring (bicyclic) bond motifs is 1. The Balaban J connectivity index is 2.18. The minimum atomic E-state index is -0.441. The molecule has 1 amide bonds. The van der Waals surface area contributed by atoms with E-state index in [1.54, 1.807) is 19.2 Å². The quantitative estimate of drug-likeness (QED) is 0.544. The van der Waals surface area contributed by atoms with Crippen molar-refractivity contribution in [2.75, 3.05) is 11.9 Å². The molecule has 2 N–H and O–H groups in total. The number of H-pyrrole nitrogens is 1. The highest BCUT2D eigenvalue weighted by Gasteiger charge is 2.20. The lowest BCUT2D eigenvalue weighted by Crippen LogP contribution is -2.09. The Labute approximate surface area is 150 Å². The smallest absolute Gasteiger partial charge is 0.340 e. The molecule has 2 heterocycles. The van der Waals surface area contributed by atoms with Gasteiger partial charge in [-0.3, -0.25) is 4.79 Å². The van der Waals surface area contributed by atoms with Gasteiger partial charge in [-0.25, -0.2) is 14.8 Å². The van der Waals surface area contributed by atoms with Crippen molar-refractivity contribution in [2.24, 2.45) is 0 Å². The lowest BCUT2D eigenvalue weighted by Gasteiger charge is -2.12. The third-order valence-electron chi connectivity index (χ3n) is 4.00. The van der Waals surface area contributed by atoms with Crippen LogP contribution in [0.3, 0.4) is 0 Å². The molecule has 3 aromatic rings. The van der Waals surface area contributed by atoms with E-state index in [2.05, 4.69) is 26.8 Å². The molecule has 0 bridgehead atoms. The van der Waals surface area contributed by atoms with E-state index in [1.165, 1.54) is 12.4 Å². The standard InChI is InChI=1S/C19H18N4O3/c1-4-15(24)23-14-8-6-7-12(11(14)3)17-16-13(19(25)26-5-2)9-20-18(16)22-10-21-17/h4,6-10H,1,5H2,2-3H3,(H,23,24)(H,20,21,22). The van der Waals surface area contributed by atoms with Gasteiger partial charge in [-0.2, -0.15) is 0 Å². The summed E-state index contributed by atoms with van der Waals surface area (Å²) in [6, 6.07) is 5.48. The Kier molecular flexibility index (Phi) is 4.79. The molecule has 0 radical (unpaired) electrons. The van der Waals surface area contributed by atoms with Crippen molar-refractivity contribution in [3.63, 3.8) is 0 Å². The molecule has 7 heteroatoms. The first-order chi connectivity index (χ1) is 12.6. The first kappa shape index (κ1) is 17.3. The highest BCUT2D eigenvalue weighted by molar-refractivity contribution is 6.09. The van der Waals surface area contributed by atoms with Crippen LogP contribution >= 0.6 is 0 Å². The first-order valence-electron chi connectivity index (χ1n) is 8.09. The van der Waals surface area contributed by atoms with Crippen LogP contribution in [0.2, 0.25) is 0 Å². The lowest BCUT2D eigenvalue weighted by molar-refractivity contribution is -0.111. The maximum atomic E-state index is 12.3. The molecule has 0 saturated heterocycles. The summed E-state index contributed by atoms with van der Waals surface area (Å²) >= 11 is 0. The van der Waals surface area contributed by atoms with Crippen LogP contribution < -0.4 is 5.32 Å². The number of rotatable bonds is 5. The van der Waals surface area contributed by atoms with Gasteiger partial charge in [-0.15, -0.1) is 0 Å². The zero-order valence-corrected chi connectivity index (χ0v) is 14.5. The van der Waals surface area contributed by atoms with Gasteiger partial charge in [0.25, 0.3) is 0 Å². The number of amides is 1. The summed E-state index contributed by atoms with van der Waals surface area (Å²) in [6.45, 7) is 7.36. The number of nitrogens with one attached hydrogen (secondary N) is 2. The van der Waals surface area contributed by atoms with Crippen molar-refractivity contribution in [2.45, 2.75) is 13.8 Å². The number of carbonyl (C=O) groups excluding carboxylic acids is 2. The summed E-state index contributed by atoms with van der Waals surface area (Å²) in [7, 11) is 0. The van der Waals surface area contributed by atoms with Crippen molar-refractivity contribution >= 4 is 28.6 Å². The second-order valence-corrected chi connectivity index (χ2v) is 5.54. The molecule has 0 aliphatic carbocycles. The average molecular weight is 350 g/mol. The van der Waals surface area contributed by atoms with Gasteiger partial charge >= 0.3 is 5.97 Å². The molecule has 0 spiro atoms. The Morgan fingerprint density at radius 2 is 2.15 bits per heavy atom. The Morgan fingerprint density at radius 1 is 1.35 bits per heavy atom. The lowest BCUT2D eigenvalue weighted by atomic mass is 10.00. The summed E-state index contributed by atoms with van der Waals surface area (Å²) in [6.07, 6.45) is 4.21. The highest BCUT2D eigenvalue weighted by Crippen LogP contribution is 2.33. The number of aromatic nitrogens is 3. The summed E-state index contributed by atoms with van der Waals surface area (Å²) in [5.74, 6) is -0.740. The minimum absolute atomic E-state index is 0.274. The van der Waals surface area contributed by atoms with E-state index in [-0.39, 0.29) is 12.5 Å². The van der Waals surface area contributed by atoms with E-state index in [0.29, 0.717) is 28.0 Å². The normalized spacial score (nSPS) is 10.5. The summed E-state index contributed by atoms with van der Waals surface area (Å²) in [5.41, 5.74) is 3.75. The molecule has 1 aromatic carbocycles. The van der Waals surface area contributed by atoms with E-state index >= 15 is 0 Å². The SMILES string of the molecule is C=CC(=O)Nc1cccc(-c2ncnc3[nH]cc(C(=O)OCC)c23)c1C. The van der Waals surface area contributed by atoms with E-state index in [9.17, 15) is 9.59 Å². The van der Waals surface area contributed by atoms with Crippen molar-refractivity contribution < 1.29 is 14.3 Å². The molecule has 0 fully saturated rings. The average Bonchev–Trinajstić information content (AvgIpc) is 3.08. The number of esters is 1. The zero-order valence-electron chi connectivity index (χ0n) is 14.5. The number of carbonyl (C=O) groups is 2. The van der Waals surface area contributed by atoms with Gasteiger partial charge in [-0.05, 0) is 31.6 Å². The zero-order chi connectivity index (χ0) is 18.7. The van der Waals surface area contributed by atoms with Gasteiger partial charge in [0, 0.05) is 17.4 Å². The molecule has 0 aliphatic heterocycles. The Hall–Kier alpha value is -3.48. The van der Waals surface area contributed by atoms with Crippen molar-refractivity contribution in [1.82, 2.24) is 15.0 Å². The van der Waals surface area contributed by atoms with Gasteiger partial charge in [0.15, 0.2) is 0 Å². The molecule has 132 valence electrons. The monoisotopic (exact) mass is 350 g/mol. The molecule has 0 saturated carbocycles. The fraction of sp³-hybridized carbons (Fsp3) is 0.158. The predicted octanol–water partition coefficient (Wildman–Crippen LogP) is 3.23. The summed E-state index contributed by atoms with van der Waals surface area (Å²) < 4.78 is 5.12. The van der Waals surface area contributed by atoms with E-state index < -0.39 is 5.97 Å². The third kappa shape index (κ3) is 3.06. The fourth-order valence-corrected chi connectivity index (χ4v) is 2.75. The second-order valence-electron chi connectivity index (χ2n) is 5.54. The highest BCUT2D eigenvalue weighted by atomic mass is 16.5. The summed E-state index contributed by atoms with van der Waals surface area (Å²) in [4.78, 5) is 35.5. The first-order valence-corrected chi connectivity index (χ1v) is 8.09. The molecule has 7 nitrogen and oxygen atoms in total. The maximum absolute atomic E-state index is 12.3. The Morgan fingerprint density at radius 3 is 2.88 bits per heavy atom. The number of benzene rings is 1. The molecular weight excluding hydrogens is 332 g/mol. The number of anilines is 1. The van der Waals surface area contributed by atoms with Gasteiger partial charge in [0.2, 0.25) is 5.91 Å². The Bertz CT molecular complexity index is 1010. The van der Waals surface area contributed by atoms with Crippen molar-refractivity contribution in [1.29, 1.82) is 0 Å². The van der Waals surface area contributed by atoms with Gasteiger partial charge in [0.1, 0.15) is 12.0 Å².